The van der Waals surface area contributed by atoms with Gasteiger partial charge in [-0.25, -0.2) is 4.39 Å². The highest BCUT2D eigenvalue weighted by Gasteiger charge is 2.26. The fourth-order valence-corrected chi connectivity index (χ4v) is 3.79. The van der Waals surface area contributed by atoms with Crippen molar-refractivity contribution in [2.75, 3.05) is 0 Å². The molecular formula is C18H17Cl2F. The number of hydrogen-bond acceptors (Lipinski definition) is 0. The predicted molar refractivity (Wildman–Crippen MR) is 86.6 cm³/mol. The maximum atomic E-state index is 13.3. The molecule has 3 heteroatoms. The molecule has 0 heterocycles. The minimum absolute atomic E-state index is 0.00697. The monoisotopic (exact) mass is 322 g/mol. The summed E-state index contributed by atoms with van der Waals surface area (Å²) >= 11 is 12.6. The highest BCUT2D eigenvalue weighted by Crippen LogP contribution is 2.39. The van der Waals surface area contributed by atoms with Gasteiger partial charge in [0.1, 0.15) is 5.82 Å². The van der Waals surface area contributed by atoms with Gasteiger partial charge in [0.05, 0.1) is 10.4 Å². The molecule has 2 atom stereocenters. The molecule has 0 amide bonds. The van der Waals surface area contributed by atoms with E-state index in [0.717, 1.165) is 31.2 Å². The number of rotatable bonds is 2. The lowest BCUT2D eigenvalue weighted by Gasteiger charge is -2.21. The molecule has 0 nitrogen and oxygen atoms in total. The van der Waals surface area contributed by atoms with E-state index in [2.05, 4.69) is 18.2 Å². The molecule has 2 aromatic rings. The Morgan fingerprint density at radius 3 is 2.76 bits per heavy atom. The zero-order valence-corrected chi connectivity index (χ0v) is 13.2. The Labute approximate surface area is 134 Å². The molecule has 0 N–H and O–H groups in total. The Hall–Kier alpha value is -1.05. The van der Waals surface area contributed by atoms with E-state index in [0.29, 0.717) is 5.92 Å². The van der Waals surface area contributed by atoms with Crippen LogP contribution in [0.2, 0.25) is 5.02 Å². The highest BCUT2D eigenvalue weighted by molar-refractivity contribution is 6.30. The minimum Gasteiger partial charge on any atom is -0.205 e. The molecule has 0 radical (unpaired) electrons. The molecule has 110 valence electrons. The number of halogens is 3. The lowest BCUT2D eigenvalue weighted by atomic mass is 9.90. The average Bonchev–Trinajstić information content (AvgIpc) is 2.64. The quantitative estimate of drug-likeness (QED) is 0.473. The Bertz CT molecular complexity index is 639. The minimum atomic E-state index is -0.367. The molecule has 1 aliphatic rings. The van der Waals surface area contributed by atoms with Gasteiger partial charge in [-0.15, -0.1) is 11.6 Å². The molecule has 0 aromatic heterocycles. The van der Waals surface area contributed by atoms with Crippen LogP contribution < -0.4 is 0 Å². The van der Waals surface area contributed by atoms with Crippen molar-refractivity contribution >= 4 is 23.2 Å². The molecule has 3 rings (SSSR count). The second kappa shape index (κ2) is 6.37. The predicted octanol–water partition coefficient (Wildman–Crippen LogP) is 5.95. The molecule has 21 heavy (non-hydrogen) atoms. The first-order valence-electron chi connectivity index (χ1n) is 7.31. The Morgan fingerprint density at radius 2 is 1.95 bits per heavy atom. The van der Waals surface area contributed by atoms with Gasteiger partial charge in [-0.05, 0) is 60.4 Å². The molecule has 0 saturated carbocycles. The molecule has 0 aliphatic heterocycles. The fourth-order valence-electron chi connectivity index (χ4n) is 3.16. The fraction of sp³-hybridized carbons (Fsp3) is 0.333. The number of hydrogen-bond donors (Lipinski definition) is 0. The van der Waals surface area contributed by atoms with Gasteiger partial charge in [0.25, 0.3) is 0 Å². The largest absolute Gasteiger partial charge is 0.205 e. The van der Waals surface area contributed by atoms with Crippen molar-refractivity contribution in [1.82, 2.24) is 0 Å². The molecule has 0 bridgehead atoms. The van der Waals surface area contributed by atoms with E-state index in [1.54, 1.807) is 6.07 Å². The summed E-state index contributed by atoms with van der Waals surface area (Å²) in [6.45, 7) is 0. The SMILES string of the molecule is Fc1ccc(CC2CCCc3ccccc3C2Cl)cc1Cl. The van der Waals surface area contributed by atoms with Crippen molar-refractivity contribution in [3.8, 4) is 0 Å². The van der Waals surface area contributed by atoms with Crippen molar-refractivity contribution in [3.05, 3.63) is 70.0 Å². The molecule has 2 unspecified atom stereocenters. The number of aryl methyl sites for hydroxylation is 1. The van der Waals surface area contributed by atoms with E-state index < -0.39 is 0 Å². The van der Waals surface area contributed by atoms with Gasteiger partial charge in [0, 0.05) is 0 Å². The second-order valence-electron chi connectivity index (χ2n) is 5.71. The van der Waals surface area contributed by atoms with Gasteiger partial charge in [0.15, 0.2) is 0 Å². The zero-order chi connectivity index (χ0) is 14.8. The zero-order valence-electron chi connectivity index (χ0n) is 11.7. The van der Waals surface area contributed by atoms with Crippen molar-refractivity contribution in [3.63, 3.8) is 0 Å². The summed E-state index contributed by atoms with van der Waals surface area (Å²) in [4.78, 5) is 0. The topological polar surface area (TPSA) is 0 Å². The summed E-state index contributed by atoms with van der Waals surface area (Å²) < 4.78 is 13.3. The van der Waals surface area contributed by atoms with E-state index in [1.165, 1.54) is 17.2 Å². The molecular weight excluding hydrogens is 306 g/mol. The van der Waals surface area contributed by atoms with Gasteiger partial charge in [-0.1, -0.05) is 41.9 Å². The standard InChI is InChI=1S/C18H17Cl2F/c19-16-11-12(8-9-17(16)21)10-14-6-3-5-13-4-1-2-7-15(13)18(14)20/h1-2,4,7-9,11,14,18H,3,5-6,10H2. The van der Waals surface area contributed by atoms with E-state index in [1.807, 2.05) is 12.1 Å². The summed E-state index contributed by atoms with van der Waals surface area (Å²) in [6, 6.07) is 13.4. The van der Waals surface area contributed by atoms with Gasteiger partial charge >= 0.3 is 0 Å². The smallest absolute Gasteiger partial charge is 0.141 e. The molecule has 0 spiro atoms. The summed E-state index contributed by atoms with van der Waals surface area (Å²) in [5.74, 6) is -0.00843. The lowest BCUT2D eigenvalue weighted by molar-refractivity contribution is 0.465. The summed E-state index contributed by atoms with van der Waals surface area (Å²) in [6.07, 6.45) is 4.14. The van der Waals surface area contributed by atoms with Crippen LogP contribution >= 0.6 is 23.2 Å². The van der Waals surface area contributed by atoms with Crippen molar-refractivity contribution in [1.29, 1.82) is 0 Å². The summed E-state index contributed by atoms with van der Waals surface area (Å²) in [5.41, 5.74) is 3.66. The van der Waals surface area contributed by atoms with Crippen LogP contribution in [0.25, 0.3) is 0 Å². The third kappa shape index (κ3) is 3.25. The Kier molecular flexibility index (Phi) is 4.51. The molecule has 2 aromatic carbocycles. The number of alkyl halides is 1. The van der Waals surface area contributed by atoms with E-state index >= 15 is 0 Å². The van der Waals surface area contributed by atoms with Crippen LogP contribution in [0, 0.1) is 11.7 Å². The van der Waals surface area contributed by atoms with E-state index in [-0.39, 0.29) is 16.2 Å². The number of fused-ring (bicyclic) bond motifs is 1. The van der Waals surface area contributed by atoms with Crippen LogP contribution in [0.4, 0.5) is 4.39 Å². The van der Waals surface area contributed by atoms with Gasteiger partial charge in [-0.3, -0.25) is 0 Å². The molecule has 0 fully saturated rings. The summed E-state index contributed by atoms with van der Waals surface area (Å²) in [5, 5.41) is 0.195. The normalized spacial score (nSPS) is 21.7. The van der Waals surface area contributed by atoms with Crippen LogP contribution in [-0.4, -0.2) is 0 Å². The van der Waals surface area contributed by atoms with Crippen molar-refractivity contribution < 1.29 is 4.39 Å². The van der Waals surface area contributed by atoms with Crippen LogP contribution in [0.1, 0.15) is 34.9 Å². The van der Waals surface area contributed by atoms with Gasteiger partial charge < -0.3 is 0 Å². The second-order valence-corrected chi connectivity index (χ2v) is 6.58. The van der Waals surface area contributed by atoms with Gasteiger partial charge in [0.2, 0.25) is 0 Å². The highest BCUT2D eigenvalue weighted by atomic mass is 35.5. The van der Waals surface area contributed by atoms with Gasteiger partial charge in [-0.2, -0.15) is 0 Å². The first kappa shape index (κ1) is 14.9. The van der Waals surface area contributed by atoms with Crippen LogP contribution in [-0.2, 0) is 12.8 Å². The Balaban J connectivity index is 1.84. The average molecular weight is 323 g/mol. The van der Waals surface area contributed by atoms with E-state index in [9.17, 15) is 4.39 Å². The van der Waals surface area contributed by atoms with Crippen LogP contribution in [0.15, 0.2) is 42.5 Å². The van der Waals surface area contributed by atoms with Crippen molar-refractivity contribution in [2.45, 2.75) is 31.1 Å². The maximum absolute atomic E-state index is 13.3. The van der Waals surface area contributed by atoms with Crippen LogP contribution in [0.5, 0.6) is 0 Å². The first-order chi connectivity index (χ1) is 10.1. The first-order valence-corrected chi connectivity index (χ1v) is 8.12. The van der Waals surface area contributed by atoms with Crippen LogP contribution in [0.3, 0.4) is 0 Å². The lowest BCUT2D eigenvalue weighted by Crippen LogP contribution is -2.10. The number of benzene rings is 2. The third-order valence-electron chi connectivity index (χ3n) is 4.27. The molecule has 1 aliphatic carbocycles. The van der Waals surface area contributed by atoms with E-state index in [4.69, 9.17) is 23.2 Å². The third-order valence-corrected chi connectivity index (χ3v) is 5.15. The Morgan fingerprint density at radius 1 is 1.14 bits per heavy atom. The van der Waals surface area contributed by atoms with Crippen molar-refractivity contribution in [2.24, 2.45) is 5.92 Å². The summed E-state index contributed by atoms with van der Waals surface area (Å²) in [7, 11) is 0. The maximum Gasteiger partial charge on any atom is 0.141 e. The molecule has 0 saturated heterocycles.